The van der Waals surface area contributed by atoms with Gasteiger partial charge in [0.2, 0.25) is 5.95 Å². The highest BCUT2D eigenvalue weighted by atomic mass is 32.2. The van der Waals surface area contributed by atoms with Crippen molar-refractivity contribution in [2.45, 2.75) is 23.2 Å². The lowest BCUT2D eigenvalue weighted by atomic mass is 10.3. The van der Waals surface area contributed by atoms with Crippen molar-refractivity contribution >= 4 is 17.7 Å². The van der Waals surface area contributed by atoms with Gasteiger partial charge in [0.15, 0.2) is 0 Å². The average Bonchev–Trinajstić information content (AvgIpc) is 2.37. The van der Waals surface area contributed by atoms with Crippen molar-refractivity contribution in [2.75, 3.05) is 12.4 Å². The average molecular weight is 300 g/mol. The third-order valence-corrected chi connectivity index (χ3v) is 3.20. The van der Waals surface area contributed by atoms with Gasteiger partial charge in [0.1, 0.15) is 10.1 Å². The number of rotatable bonds is 3. The first-order valence-electron chi connectivity index (χ1n) is 5.63. The lowest BCUT2D eigenvalue weighted by Gasteiger charge is -2.07. The number of alkyl halides is 3. The molecule has 0 amide bonds. The molecule has 0 unspecified atom stereocenters. The molecule has 4 nitrogen and oxygen atoms in total. The van der Waals surface area contributed by atoms with E-state index >= 15 is 0 Å². The van der Waals surface area contributed by atoms with E-state index < -0.39 is 11.7 Å². The van der Waals surface area contributed by atoms with Crippen LogP contribution in [0.4, 0.5) is 19.1 Å². The minimum Gasteiger partial charge on any atom is -0.357 e. The molecule has 0 fully saturated rings. The van der Waals surface area contributed by atoms with Gasteiger partial charge in [-0.25, -0.2) is 15.0 Å². The van der Waals surface area contributed by atoms with E-state index in [4.69, 9.17) is 0 Å². The minimum atomic E-state index is -4.37. The molecule has 0 saturated carbocycles. The van der Waals surface area contributed by atoms with Gasteiger partial charge in [-0.15, -0.1) is 0 Å². The fraction of sp³-hybridized carbons (Fsp3) is 0.250. The monoisotopic (exact) mass is 300 g/mol. The molecule has 0 aliphatic carbocycles. The first-order chi connectivity index (χ1) is 9.38. The highest BCUT2D eigenvalue weighted by Gasteiger charge is 2.30. The van der Waals surface area contributed by atoms with Crippen molar-refractivity contribution in [3.8, 4) is 0 Å². The van der Waals surface area contributed by atoms with Gasteiger partial charge < -0.3 is 5.32 Å². The van der Waals surface area contributed by atoms with Crippen molar-refractivity contribution in [3.63, 3.8) is 0 Å². The molecular formula is C12H11F3N4S. The van der Waals surface area contributed by atoms with Crippen LogP contribution in [-0.4, -0.2) is 22.0 Å². The van der Waals surface area contributed by atoms with Crippen molar-refractivity contribution in [3.05, 3.63) is 35.7 Å². The van der Waals surface area contributed by atoms with E-state index in [9.17, 15) is 13.2 Å². The number of aryl methyl sites for hydroxylation is 1. The quantitative estimate of drug-likeness (QED) is 0.881. The molecule has 0 spiro atoms. The lowest BCUT2D eigenvalue weighted by molar-refractivity contribution is -0.137. The fourth-order valence-corrected chi connectivity index (χ4v) is 2.24. The number of aromatic nitrogens is 3. The number of nitrogens with one attached hydrogen (secondary N) is 1. The molecule has 0 bridgehead atoms. The van der Waals surface area contributed by atoms with Gasteiger partial charge in [0.05, 0.1) is 5.56 Å². The summed E-state index contributed by atoms with van der Waals surface area (Å²) in [4.78, 5) is 12.1. The second-order valence-electron chi connectivity index (χ2n) is 3.91. The molecule has 0 aliphatic rings. The summed E-state index contributed by atoms with van der Waals surface area (Å²) in [6.45, 7) is 1.81. The number of halogens is 3. The summed E-state index contributed by atoms with van der Waals surface area (Å²) in [6, 6.07) is 4.07. The van der Waals surface area contributed by atoms with Gasteiger partial charge in [-0.05, 0) is 36.9 Å². The molecular weight excluding hydrogens is 289 g/mol. The molecule has 106 valence electrons. The number of anilines is 1. The van der Waals surface area contributed by atoms with E-state index in [-0.39, 0.29) is 0 Å². The van der Waals surface area contributed by atoms with E-state index in [1.807, 2.05) is 6.92 Å². The Kier molecular flexibility index (Phi) is 4.12. The molecule has 20 heavy (non-hydrogen) atoms. The summed E-state index contributed by atoms with van der Waals surface area (Å²) in [5, 5.41) is 3.88. The summed E-state index contributed by atoms with van der Waals surface area (Å²) < 4.78 is 37.3. The zero-order chi connectivity index (χ0) is 14.8. The van der Waals surface area contributed by atoms with Crippen LogP contribution in [0.25, 0.3) is 0 Å². The Morgan fingerprint density at radius 3 is 2.45 bits per heavy atom. The maximum atomic E-state index is 12.4. The third-order valence-electron chi connectivity index (χ3n) is 2.33. The number of hydrogen-bond acceptors (Lipinski definition) is 5. The van der Waals surface area contributed by atoms with E-state index in [2.05, 4.69) is 20.3 Å². The van der Waals surface area contributed by atoms with E-state index in [0.717, 1.165) is 18.0 Å². The molecule has 0 aliphatic heterocycles. The topological polar surface area (TPSA) is 50.7 Å². The Morgan fingerprint density at radius 1 is 1.15 bits per heavy atom. The van der Waals surface area contributed by atoms with E-state index in [0.29, 0.717) is 16.0 Å². The van der Waals surface area contributed by atoms with Crippen LogP contribution < -0.4 is 5.32 Å². The van der Waals surface area contributed by atoms with Crippen LogP contribution in [-0.2, 0) is 6.18 Å². The maximum absolute atomic E-state index is 12.4. The smallest absolute Gasteiger partial charge is 0.357 e. The van der Waals surface area contributed by atoms with Crippen LogP contribution in [0.5, 0.6) is 0 Å². The predicted molar refractivity (Wildman–Crippen MR) is 69.7 cm³/mol. The van der Waals surface area contributed by atoms with Crippen LogP contribution in [0.2, 0.25) is 0 Å². The second kappa shape index (κ2) is 5.66. The van der Waals surface area contributed by atoms with Crippen LogP contribution in [0.15, 0.2) is 34.4 Å². The van der Waals surface area contributed by atoms with Crippen LogP contribution >= 0.6 is 11.8 Å². The zero-order valence-corrected chi connectivity index (χ0v) is 11.5. The molecule has 0 atom stereocenters. The van der Waals surface area contributed by atoms with Crippen molar-refractivity contribution in [1.29, 1.82) is 0 Å². The number of nitrogens with zero attached hydrogens (tertiary/aromatic N) is 3. The lowest BCUT2D eigenvalue weighted by Crippen LogP contribution is -2.05. The predicted octanol–water partition coefficient (Wildman–Crippen LogP) is 3.39. The molecule has 2 heterocycles. The van der Waals surface area contributed by atoms with Crippen LogP contribution in [0, 0.1) is 6.92 Å². The van der Waals surface area contributed by atoms with Crippen LogP contribution in [0.3, 0.4) is 0 Å². The Bertz CT molecular complexity index is 599. The molecule has 1 N–H and O–H groups in total. The van der Waals surface area contributed by atoms with Gasteiger partial charge in [0, 0.05) is 18.9 Å². The van der Waals surface area contributed by atoms with Crippen molar-refractivity contribution < 1.29 is 13.2 Å². The summed E-state index contributed by atoms with van der Waals surface area (Å²) in [5.74, 6) is 0.458. The SMILES string of the molecule is CNc1nc(C)cc(Sc2ccc(C(F)(F)F)cn2)n1. The Labute approximate surface area is 117 Å². The van der Waals surface area contributed by atoms with Gasteiger partial charge in [-0.1, -0.05) is 0 Å². The minimum absolute atomic E-state index is 0.443. The van der Waals surface area contributed by atoms with Gasteiger partial charge in [-0.2, -0.15) is 13.2 Å². The zero-order valence-electron chi connectivity index (χ0n) is 10.7. The molecule has 2 aromatic rings. The second-order valence-corrected chi connectivity index (χ2v) is 4.95. The molecule has 0 radical (unpaired) electrons. The van der Waals surface area contributed by atoms with Gasteiger partial charge in [-0.3, -0.25) is 0 Å². The molecule has 0 saturated heterocycles. The van der Waals surface area contributed by atoms with Crippen molar-refractivity contribution in [2.24, 2.45) is 0 Å². The molecule has 2 rings (SSSR count). The standard InChI is InChI=1S/C12H11F3N4S/c1-7-5-10(19-11(16-2)18-7)20-9-4-3-8(6-17-9)12(13,14)15/h3-6H,1-2H3,(H,16,18,19). The molecule has 8 heteroatoms. The van der Waals surface area contributed by atoms with Crippen molar-refractivity contribution in [1.82, 2.24) is 15.0 Å². The maximum Gasteiger partial charge on any atom is 0.417 e. The van der Waals surface area contributed by atoms with Crippen LogP contribution in [0.1, 0.15) is 11.3 Å². The van der Waals surface area contributed by atoms with Gasteiger partial charge >= 0.3 is 6.18 Å². The first-order valence-corrected chi connectivity index (χ1v) is 6.44. The molecule has 2 aromatic heterocycles. The fourth-order valence-electron chi connectivity index (χ4n) is 1.42. The highest BCUT2D eigenvalue weighted by Crippen LogP contribution is 2.31. The number of pyridine rings is 1. The highest BCUT2D eigenvalue weighted by molar-refractivity contribution is 7.99. The normalized spacial score (nSPS) is 11.4. The summed E-state index contributed by atoms with van der Waals surface area (Å²) in [5.41, 5.74) is -0.00427. The Morgan fingerprint density at radius 2 is 1.90 bits per heavy atom. The largest absolute Gasteiger partial charge is 0.417 e. The van der Waals surface area contributed by atoms with E-state index in [1.165, 1.54) is 17.8 Å². The third kappa shape index (κ3) is 3.60. The summed E-state index contributed by atoms with van der Waals surface area (Å²) in [6.07, 6.45) is -3.56. The Balaban J connectivity index is 2.20. The number of hydrogen-bond donors (Lipinski definition) is 1. The molecule has 0 aromatic carbocycles. The van der Waals surface area contributed by atoms with E-state index in [1.54, 1.807) is 13.1 Å². The van der Waals surface area contributed by atoms with Gasteiger partial charge in [0.25, 0.3) is 0 Å². The summed E-state index contributed by atoms with van der Waals surface area (Å²) >= 11 is 1.18. The first kappa shape index (κ1) is 14.6. The summed E-state index contributed by atoms with van der Waals surface area (Å²) in [7, 11) is 1.69. The Hall–Kier alpha value is -1.83.